The number of nitrogens with two attached hydrogens (primary N) is 1. The van der Waals surface area contributed by atoms with Crippen molar-refractivity contribution in [3.05, 3.63) is 21.9 Å². The van der Waals surface area contributed by atoms with Gasteiger partial charge in [-0.1, -0.05) is 5.21 Å². The zero-order valence-corrected chi connectivity index (χ0v) is 7.75. The molecule has 3 N–H and O–H groups in total. The van der Waals surface area contributed by atoms with Gasteiger partial charge in [0.25, 0.3) is 0 Å². The molecule has 1 unspecified atom stereocenters. The Hall–Kier alpha value is -1.34. The van der Waals surface area contributed by atoms with Crippen LogP contribution >= 0.6 is 11.3 Å². The molecule has 0 fully saturated rings. The van der Waals surface area contributed by atoms with Crippen LogP contribution in [0.3, 0.4) is 0 Å². The van der Waals surface area contributed by atoms with Crippen LogP contribution in [0.15, 0.2) is 5.38 Å². The number of nitrogens with zero attached hydrogens (tertiary/aromatic N) is 4. The number of aromatic nitrogens is 5. The van der Waals surface area contributed by atoms with Crippen molar-refractivity contribution in [1.29, 1.82) is 0 Å². The fraction of sp³-hybridized carbons (Fsp3) is 0.333. The molecule has 0 aromatic carbocycles. The number of hydrogen-bond donors (Lipinski definition) is 2. The summed E-state index contributed by atoms with van der Waals surface area (Å²) in [5.41, 5.74) is 6.61. The standard InChI is InChI=1S/C6H8N6S/c1-3-8-4(2-13-3)5(7)6-9-11-12-10-6/h2,5H,7H2,1H3,(H,9,10,11,12). The number of nitrogens with one attached hydrogen (secondary N) is 1. The zero-order valence-electron chi connectivity index (χ0n) is 6.93. The molecule has 0 aliphatic rings. The summed E-state index contributed by atoms with van der Waals surface area (Å²) < 4.78 is 0. The van der Waals surface area contributed by atoms with E-state index in [0.717, 1.165) is 10.7 Å². The molecule has 2 aromatic rings. The minimum absolute atomic E-state index is 0.385. The fourth-order valence-electron chi connectivity index (χ4n) is 0.957. The Morgan fingerprint density at radius 3 is 3.00 bits per heavy atom. The molecule has 0 spiro atoms. The molecule has 13 heavy (non-hydrogen) atoms. The van der Waals surface area contributed by atoms with E-state index in [1.54, 1.807) is 11.3 Å². The van der Waals surface area contributed by atoms with Crippen LogP contribution in [0.4, 0.5) is 0 Å². The van der Waals surface area contributed by atoms with E-state index >= 15 is 0 Å². The average Bonchev–Trinajstić information content (AvgIpc) is 2.72. The van der Waals surface area contributed by atoms with Crippen molar-refractivity contribution in [2.24, 2.45) is 5.73 Å². The van der Waals surface area contributed by atoms with Crippen LogP contribution in [0.5, 0.6) is 0 Å². The number of hydrogen-bond acceptors (Lipinski definition) is 6. The third-order valence-electron chi connectivity index (χ3n) is 1.60. The van der Waals surface area contributed by atoms with E-state index in [-0.39, 0.29) is 6.04 Å². The summed E-state index contributed by atoms with van der Waals surface area (Å²) in [6, 6.07) is -0.385. The summed E-state index contributed by atoms with van der Waals surface area (Å²) >= 11 is 1.55. The van der Waals surface area contributed by atoms with Gasteiger partial charge < -0.3 is 5.73 Å². The molecular weight excluding hydrogens is 188 g/mol. The topological polar surface area (TPSA) is 93.4 Å². The second-order valence-electron chi connectivity index (χ2n) is 2.54. The molecular formula is C6H8N6S. The lowest BCUT2D eigenvalue weighted by Gasteiger charge is -2.00. The van der Waals surface area contributed by atoms with Crippen LogP contribution in [0, 0.1) is 6.92 Å². The van der Waals surface area contributed by atoms with Crippen molar-refractivity contribution in [3.8, 4) is 0 Å². The predicted octanol–water partition coefficient (Wildman–Crippen LogP) is 0.0127. The highest BCUT2D eigenvalue weighted by atomic mass is 32.1. The second kappa shape index (κ2) is 3.19. The molecule has 2 aromatic heterocycles. The highest BCUT2D eigenvalue weighted by Gasteiger charge is 2.15. The number of aryl methyl sites for hydroxylation is 1. The van der Waals surface area contributed by atoms with Gasteiger partial charge in [-0.2, -0.15) is 5.21 Å². The van der Waals surface area contributed by atoms with Crippen molar-refractivity contribution in [2.45, 2.75) is 13.0 Å². The summed E-state index contributed by atoms with van der Waals surface area (Å²) in [7, 11) is 0. The van der Waals surface area contributed by atoms with Crippen LogP contribution in [0.2, 0.25) is 0 Å². The first-order valence-electron chi connectivity index (χ1n) is 3.68. The molecule has 0 saturated heterocycles. The molecule has 0 aliphatic carbocycles. The Labute approximate surface area is 78.2 Å². The Morgan fingerprint density at radius 2 is 2.46 bits per heavy atom. The Kier molecular flexibility index (Phi) is 2.03. The van der Waals surface area contributed by atoms with Crippen LogP contribution in [-0.2, 0) is 0 Å². The minimum atomic E-state index is -0.385. The Bertz CT molecular complexity index is 379. The summed E-state index contributed by atoms with van der Waals surface area (Å²) in [4.78, 5) is 4.24. The predicted molar refractivity (Wildman–Crippen MR) is 47.1 cm³/mol. The molecule has 7 heteroatoms. The maximum absolute atomic E-state index is 5.83. The normalized spacial score (nSPS) is 13.1. The molecule has 68 valence electrons. The molecule has 0 saturated carbocycles. The van der Waals surface area contributed by atoms with Gasteiger partial charge in [0.05, 0.1) is 10.7 Å². The van der Waals surface area contributed by atoms with Gasteiger partial charge in [0, 0.05) is 5.38 Å². The molecule has 0 aliphatic heterocycles. The SMILES string of the molecule is Cc1nc(C(N)c2nn[nH]n2)cs1. The van der Waals surface area contributed by atoms with Gasteiger partial charge in [0.1, 0.15) is 6.04 Å². The van der Waals surface area contributed by atoms with E-state index in [1.165, 1.54) is 0 Å². The van der Waals surface area contributed by atoms with Crippen molar-refractivity contribution in [3.63, 3.8) is 0 Å². The van der Waals surface area contributed by atoms with Gasteiger partial charge in [-0.05, 0) is 6.92 Å². The lowest BCUT2D eigenvalue weighted by molar-refractivity contribution is 0.761. The van der Waals surface area contributed by atoms with Crippen molar-refractivity contribution < 1.29 is 0 Å². The first-order chi connectivity index (χ1) is 6.27. The Morgan fingerprint density at radius 1 is 1.62 bits per heavy atom. The van der Waals surface area contributed by atoms with Crippen LogP contribution in [0.1, 0.15) is 22.6 Å². The van der Waals surface area contributed by atoms with E-state index < -0.39 is 0 Å². The van der Waals surface area contributed by atoms with Gasteiger partial charge >= 0.3 is 0 Å². The third-order valence-corrected chi connectivity index (χ3v) is 2.39. The van der Waals surface area contributed by atoms with Gasteiger partial charge in [-0.25, -0.2) is 4.98 Å². The summed E-state index contributed by atoms with van der Waals surface area (Å²) in [6.45, 7) is 1.93. The number of H-pyrrole nitrogens is 1. The number of rotatable bonds is 2. The maximum atomic E-state index is 5.83. The highest BCUT2D eigenvalue weighted by molar-refractivity contribution is 7.09. The molecule has 0 radical (unpaired) electrons. The van der Waals surface area contributed by atoms with Crippen LogP contribution < -0.4 is 5.73 Å². The smallest absolute Gasteiger partial charge is 0.197 e. The van der Waals surface area contributed by atoms with E-state index in [0.29, 0.717) is 5.82 Å². The minimum Gasteiger partial charge on any atom is -0.316 e. The van der Waals surface area contributed by atoms with Gasteiger partial charge in [-0.3, -0.25) is 0 Å². The molecule has 1 atom stereocenters. The molecule has 6 nitrogen and oxygen atoms in total. The zero-order chi connectivity index (χ0) is 9.26. The van der Waals surface area contributed by atoms with Crippen molar-refractivity contribution in [1.82, 2.24) is 25.6 Å². The maximum Gasteiger partial charge on any atom is 0.197 e. The van der Waals surface area contributed by atoms with E-state index in [1.807, 2.05) is 12.3 Å². The Balaban J connectivity index is 2.28. The third kappa shape index (κ3) is 1.56. The van der Waals surface area contributed by atoms with Gasteiger partial charge in [0.2, 0.25) is 0 Å². The summed E-state index contributed by atoms with van der Waals surface area (Å²) in [5.74, 6) is 0.463. The molecule has 2 rings (SSSR count). The molecule has 2 heterocycles. The molecule has 0 amide bonds. The van der Waals surface area contributed by atoms with Crippen LogP contribution in [0.25, 0.3) is 0 Å². The number of tetrazole rings is 1. The van der Waals surface area contributed by atoms with Gasteiger partial charge in [-0.15, -0.1) is 21.5 Å². The lowest BCUT2D eigenvalue weighted by Crippen LogP contribution is -2.14. The van der Waals surface area contributed by atoms with E-state index in [9.17, 15) is 0 Å². The fourth-order valence-corrected chi connectivity index (χ4v) is 1.61. The van der Waals surface area contributed by atoms with E-state index in [4.69, 9.17) is 5.73 Å². The highest BCUT2D eigenvalue weighted by Crippen LogP contribution is 2.17. The first-order valence-corrected chi connectivity index (χ1v) is 4.56. The number of thiazole rings is 1. The van der Waals surface area contributed by atoms with Crippen molar-refractivity contribution in [2.75, 3.05) is 0 Å². The van der Waals surface area contributed by atoms with Crippen LogP contribution in [-0.4, -0.2) is 25.6 Å². The second-order valence-corrected chi connectivity index (χ2v) is 3.60. The quantitative estimate of drug-likeness (QED) is 0.705. The molecule has 0 bridgehead atoms. The average molecular weight is 196 g/mol. The summed E-state index contributed by atoms with van der Waals surface area (Å²) in [6.07, 6.45) is 0. The van der Waals surface area contributed by atoms with Crippen molar-refractivity contribution >= 4 is 11.3 Å². The largest absolute Gasteiger partial charge is 0.316 e. The first kappa shape index (κ1) is 8.27. The lowest BCUT2D eigenvalue weighted by atomic mass is 10.2. The van der Waals surface area contributed by atoms with Gasteiger partial charge in [0.15, 0.2) is 5.82 Å². The summed E-state index contributed by atoms with van der Waals surface area (Å²) in [5, 5.41) is 16.3. The number of aromatic amines is 1. The van der Waals surface area contributed by atoms with E-state index in [2.05, 4.69) is 25.6 Å². The monoisotopic (exact) mass is 196 g/mol.